The van der Waals surface area contributed by atoms with Crippen LogP contribution >= 0.6 is 11.3 Å². The number of hydrogen-bond donors (Lipinski definition) is 1. The summed E-state index contributed by atoms with van der Waals surface area (Å²) < 4.78 is 0. The molecule has 192 valence electrons. The fourth-order valence-corrected chi connectivity index (χ4v) is 6.47. The van der Waals surface area contributed by atoms with Gasteiger partial charge in [-0.05, 0) is 63.1 Å². The van der Waals surface area contributed by atoms with E-state index in [1.54, 1.807) is 0 Å². The normalized spacial score (nSPS) is 20.9. The number of carbonyl (C=O) groups excluding carboxylic acids is 1. The van der Waals surface area contributed by atoms with E-state index >= 15 is 0 Å². The number of nitrogens with one attached hydrogen (secondary N) is 1. The SMILES string of the molecule is CCC1C=C(C2=CCc3ncc(-c4ccc(CN5CCN(C)CC5)s4)cc32)CCN1C(=O)NC(C)C. The Kier molecular flexibility index (Phi) is 7.60. The fourth-order valence-electron chi connectivity index (χ4n) is 5.44. The number of rotatable bonds is 6. The molecule has 1 aliphatic carbocycles. The first-order valence-corrected chi connectivity index (χ1v) is 14.2. The summed E-state index contributed by atoms with van der Waals surface area (Å²) in [5.41, 5.74) is 6.31. The summed E-state index contributed by atoms with van der Waals surface area (Å²) in [4.78, 5) is 27.2. The zero-order chi connectivity index (χ0) is 25.2. The number of nitrogens with zero attached hydrogens (tertiary/aromatic N) is 4. The first-order valence-electron chi connectivity index (χ1n) is 13.4. The predicted molar refractivity (Wildman–Crippen MR) is 149 cm³/mol. The number of hydrogen-bond acceptors (Lipinski definition) is 5. The van der Waals surface area contributed by atoms with E-state index < -0.39 is 0 Å². The number of piperazine rings is 1. The van der Waals surface area contributed by atoms with E-state index in [-0.39, 0.29) is 18.1 Å². The van der Waals surface area contributed by atoms with Gasteiger partial charge in [-0.1, -0.05) is 19.1 Å². The highest BCUT2D eigenvalue weighted by molar-refractivity contribution is 7.15. The Labute approximate surface area is 219 Å². The zero-order valence-electron chi connectivity index (χ0n) is 22.1. The van der Waals surface area contributed by atoms with Crippen LogP contribution in [0.2, 0.25) is 0 Å². The lowest BCUT2D eigenvalue weighted by Crippen LogP contribution is -2.49. The molecule has 0 bridgehead atoms. The molecule has 5 rings (SSSR count). The van der Waals surface area contributed by atoms with Crippen LogP contribution in [-0.4, -0.2) is 77.6 Å². The topological polar surface area (TPSA) is 51.7 Å². The second-order valence-electron chi connectivity index (χ2n) is 10.6. The average molecular weight is 506 g/mol. The van der Waals surface area contributed by atoms with Crippen molar-refractivity contribution in [2.45, 2.75) is 58.7 Å². The van der Waals surface area contributed by atoms with Crippen LogP contribution in [0.15, 0.2) is 42.1 Å². The highest BCUT2D eigenvalue weighted by Crippen LogP contribution is 2.39. The maximum absolute atomic E-state index is 12.7. The molecule has 7 heteroatoms. The number of fused-ring (bicyclic) bond motifs is 1. The molecule has 0 aromatic carbocycles. The quantitative estimate of drug-likeness (QED) is 0.599. The van der Waals surface area contributed by atoms with Gasteiger partial charge in [-0.2, -0.15) is 0 Å². The molecule has 1 N–H and O–H groups in total. The van der Waals surface area contributed by atoms with Crippen molar-refractivity contribution < 1.29 is 4.79 Å². The van der Waals surface area contributed by atoms with Gasteiger partial charge in [0, 0.05) is 78.8 Å². The van der Waals surface area contributed by atoms with Crippen LogP contribution in [0.4, 0.5) is 4.79 Å². The predicted octanol–water partition coefficient (Wildman–Crippen LogP) is 5.03. The van der Waals surface area contributed by atoms with Gasteiger partial charge in [0.25, 0.3) is 0 Å². The molecule has 0 saturated carbocycles. The average Bonchev–Trinajstić information content (AvgIpc) is 3.51. The molecule has 0 radical (unpaired) electrons. The molecule has 1 fully saturated rings. The maximum Gasteiger partial charge on any atom is 0.318 e. The lowest BCUT2D eigenvalue weighted by Gasteiger charge is -2.35. The van der Waals surface area contributed by atoms with Crippen LogP contribution in [0.25, 0.3) is 16.0 Å². The summed E-state index contributed by atoms with van der Waals surface area (Å²) in [5.74, 6) is 0. The van der Waals surface area contributed by atoms with Crippen LogP contribution in [-0.2, 0) is 13.0 Å². The second kappa shape index (κ2) is 10.9. The van der Waals surface area contributed by atoms with Gasteiger partial charge in [0.1, 0.15) is 0 Å². The Morgan fingerprint density at radius 1 is 1.19 bits per heavy atom. The van der Waals surface area contributed by atoms with Gasteiger partial charge in [-0.15, -0.1) is 11.3 Å². The number of allylic oxidation sites excluding steroid dienone is 2. The van der Waals surface area contributed by atoms with E-state index in [1.807, 2.05) is 36.3 Å². The Bertz CT molecular complexity index is 1160. The molecule has 0 spiro atoms. The summed E-state index contributed by atoms with van der Waals surface area (Å²) >= 11 is 1.89. The van der Waals surface area contributed by atoms with E-state index in [0.717, 1.165) is 64.2 Å². The van der Waals surface area contributed by atoms with Gasteiger partial charge in [0.15, 0.2) is 0 Å². The number of aromatic nitrogens is 1. The van der Waals surface area contributed by atoms with Crippen LogP contribution in [0.3, 0.4) is 0 Å². The molecular formula is C29H39N5OS. The number of urea groups is 1. The highest BCUT2D eigenvalue weighted by Gasteiger charge is 2.29. The molecule has 1 unspecified atom stereocenters. The van der Waals surface area contributed by atoms with Crippen LogP contribution in [0.1, 0.15) is 49.7 Å². The van der Waals surface area contributed by atoms with Crippen molar-refractivity contribution in [1.82, 2.24) is 25.0 Å². The highest BCUT2D eigenvalue weighted by atomic mass is 32.1. The summed E-state index contributed by atoms with van der Waals surface area (Å²) in [6.07, 6.45) is 9.37. The van der Waals surface area contributed by atoms with E-state index in [2.05, 4.69) is 59.4 Å². The van der Waals surface area contributed by atoms with Crippen molar-refractivity contribution in [2.24, 2.45) is 0 Å². The minimum Gasteiger partial charge on any atom is -0.336 e. The third kappa shape index (κ3) is 5.43. The summed E-state index contributed by atoms with van der Waals surface area (Å²) in [7, 11) is 2.20. The van der Waals surface area contributed by atoms with Gasteiger partial charge >= 0.3 is 6.03 Å². The molecule has 2 amide bonds. The Hall–Kier alpha value is -2.48. The van der Waals surface area contributed by atoms with Crippen LogP contribution in [0, 0.1) is 0 Å². The largest absolute Gasteiger partial charge is 0.336 e. The fraction of sp³-hybridized carbons (Fsp3) is 0.517. The van der Waals surface area contributed by atoms with E-state index in [9.17, 15) is 4.79 Å². The standard InChI is InChI=1S/C29H39N5OS/c1-5-23-16-21(10-11-34(23)29(35)31-20(2)3)25-7-8-27-26(25)17-22(18-30-27)28-9-6-24(36-28)19-33-14-12-32(4)13-15-33/h6-7,9,16-18,20,23H,5,8,10-15,19H2,1-4H3,(H,31,35). The Morgan fingerprint density at radius 2 is 2.00 bits per heavy atom. The molecule has 4 heterocycles. The molecule has 1 saturated heterocycles. The first-order chi connectivity index (χ1) is 17.4. The van der Waals surface area contributed by atoms with Crippen LogP contribution < -0.4 is 5.32 Å². The molecular weight excluding hydrogens is 466 g/mol. The van der Waals surface area contributed by atoms with Gasteiger partial charge in [0.05, 0.1) is 11.7 Å². The molecule has 3 aliphatic rings. The van der Waals surface area contributed by atoms with E-state index in [4.69, 9.17) is 4.98 Å². The number of pyridine rings is 1. The Morgan fingerprint density at radius 3 is 2.75 bits per heavy atom. The summed E-state index contributed by atoms with van der Waals surface area (Å²) in [6, 6.07) is 7.20. The van der Waals surface area contributed by atoms with Gasteiger partial charge in [-0.25, -0.2) is 4.79 Å². The van der Waals surface area contributed by atoms with E-state index in [1.165, 1.54) is 32.0 Å². The second-order valence-corrected chi connectivity index (χ2v) is 11.8. The minimum atomic E-state index is 0.0435. The third-order valence-electron chi connectivity index (χ3n) is 7.53. The number of thiophene rings is 1. The lowest BCUT2D eigenvalue weighted by atomic mass is 9.91. The number of likely N-dealkylation sites (N-methyl/N-ethyl adjacent to an activating group) is 1. The minimum absolute atomic E-state index is 0.0435. The third-order valence-corrected chi connectivity index (χ3v) is 8.65. The first kappa shape index (κ1) is 25.2. The van der Waals surface area contributed by atoms with Gasteiger partial charge in [-0.3, -0.25) is 9.88 Å². The van der Waals surface area contributed by atoms with Crippen molar-refractivity contribution in [3.05, 3.63) is 58.3 Å². The summed E-state index contributed by atoms with van der Waals surface area (Å²) in [5, 5.41) is 3.06. The molecule has 1 atom stereocenters. The Balaban J connectivity index is 1.32. The monoisotopic (exact) mass is 505 g/mol. The summed E-state index contributed by atoms with van der Waals surface area (Å²) in [6.45, 7) is 12.6. The van der Waals surface area contributed by atoms with Crippen molar-refractivity contribution in [1.29, 1.82) is 0 Å². The smallest absolute Gasteiger partial charge is 0.318 e. The molecule has 36 heavy (non-hydrogen) atoms. The number of amides is 2. The van der Waals surface area contributed by atoms with E-state index in [0.29, 0.717) is 0 Å². The van der Waals surface area contributed by atoms with Crippen molar-refractivity contribution in [3.8, 4) is 10.4 Å². The molecule has 2 aromatic heterocycles. The maximum atomic E-state index is 12.7. The van der Waals surface area contributed by atoms with Crippen LogP contribution in [0.5, 0.6) is 0 Å². The van der Waals surface area contributed by atoms with Crippen molar-refractivity contribution in [3.63, 3.8) is 0 Å². The molecule has 2 aromatic rings. The number of carbonyl (C=O) groups is 1. The molecule has 2 aliphatic heterocycles. The lowest BCUT2D eigenvalue weighted by molar-refractivity contribution is 0.149. The van der Waals surface area contributed by atoms with Crippen molar-refractivity contribution >= 4 is 22.9 Å². The van der Waals surface area contributed by atoms with Gasteiger partial charge in [0.2, 0.25) is 0 Å². The molecule has 6 nitrogen and oxygen atoms in total. The zero-order valence-corrected chi connectivity index (χ0v) is 22.9. The van der Waals surface area contributed by atoms with Crippen molar-refractivity contribution in [2.75, 3.05) is 39.8 Å². The van der Waals surface area contributed by atoms with Gasteiger partial charge < -0.3 is 15.1 Å².